The molecular weight excluding hydrogens is 623 g/mol. The molecule has 0 radical (unpaired) electrons. The topological polar surface area (TPSA) is 95.7 Å². The molecule has 43 heavy (non-hydrogen) atoms. The van der Waals surface area contributed by atoms with Gasteiger partial charge in [0.1, 0.15) is 11.9 Å². The second kappa shape index (κ2) is 11.0. The van der Waals surface area contributed by atoms with Crippen LogP contribution in [0.1, 0.15) is 73.8 Å². The first kappa shape index (κ1) is 29.0. The van der Waals surface area contributed by atoms with Gasteiger partial charge in [0, 0.05) is 70.7 Å². The van der Waals surface area contributed by atoms with Gasteiger partial charge in [-0.15, -0.1) is 11.3 Å². The summed E-state index contributed by atoms with van der Waals surface area (Å²) in [6, 6.07) is 4.10. The summed E-state index contributed by atoms with van der Waals surface area (Å²) >= 11 is 7.90. The van der Waals surface area contributed by atoms with Crippen LogP contribution in [0.15, 0.2) is 52.7 Å². The van der Waals surface area contributed by atoms with Crippen LogP contribution in [-0.4, -0.2) is 62.9 Å². The van der Waals surface area contributed by atoms with Crippen LogP contribution in [0.2, 0.25) is 5.02 Å². The van der Waals surface area contributed by atoms with E-state index in [0.717, 1.165) is 38.5 Å². The molecule has 3 aromatic rings. The van der Waals surface area contributed by atoms with Crippen LogP contribution in [0.3, 0.4) is 0 Å². The zero-order chi connectivity index (χ0) is 29.9. The highest BCUT2D eigenvalue weighted by atomic mass is 35.5. The molecule has 4 aliphatic rings. The van der Waals surface area contributed by atoms with Gasteiger partial charge in [0.15, 0.2) is 10.8 Å². The summed E-state index contributed by atoms with van der Waals surface area (Å²) in [6.45, 7) is -2.11. The van der Waals surface area contributed by atoms with Crippen LogP contribution >= 0.6 is 22.9 Å². The number of aromatic nitrogens is 3. The molecule has 1 aromatic carbocycles. The first-order valence-corrected chi connectivity index (χ1v) is 16.9. The summed E-state index contributed by atoms with van der Waals surface area (Å²) < 4.78 is 74.2. The van der Waals surface area contributed by atoms with E-state index in [1.54, 1.807) is 10.5 Å². The number of thiazole rings is 1. The van der Waals surface area contributed by atoms with Gasteiger partial charge in [0.05, 0.1) is 5.69 Å². The number of rotatable bonds is 7. The number of hydrogen-bond donors (Lipinski definition) is 1. The van der Waals surface area contributed by atoms with Crippen LogP contribution < -0.4 is 4.72 Å². The maximum Gasteiger partial charge on any atom is 0.333 e. The Labute approximate surface area is 256 Å². The predicted octanol–water partition coefficient (Wildman–Crippen LogP) is 5.76. The third kappa shape index (κ3) is 5.10. The fourth-order valence-corrected chi connectivity index (χ4v) is 9.61. The van der Waals surface area contributed by atoms with Gasteiger partial charge in [-0.3, -0.25) is 4.99 Å². The maximum absolute atomic E-state index is 14.1. The molecule has 1 N–H and O–H groups in total. The Balaban J connectivity index is 1.32. The predicted molar refractivity (Wildman–Crippen MR) is 158 cm³/mol. The third-order valence-corrected chi connectivity index (χ3v) is 11.8. The Morgan fingerprint density at radius 2 is 1.95 bits per heavy atom. The van der Waals surface area contributed by atoms with Crippen molar-refractivity contribution in [2.45, 2.75) is 69.1 Å². The number of benzene rings is 1. The number of fused-ring (bicyclic) bond motifs is 1. The van der Waals surface area contributed by atoms with Crippen LogP contribution in [0.4, 0.5) is 13.2 Å². The molecule has 0 unspecified atom stereocenters. The van der Waals surface area contributed by atoms with Gasteiger partial charge in [-0.1, -0.05) is 24.1 Å². The van der Waals surface area contributed by atoms with Gasteiger partial charge in [-0.05, 0) is 50.3 Å². The summed E-state index contributed by atoms with van der Waals surface area (Å²) in [4.78, 5) is 11.4. The van der Waals surface area contributed by atoms with Gasteiger partial charge < -0.3 is 4.90 Å². The number of nitrogens with zero attached hydrogens (tertiary/aromatic N) is 6. The van der Waals surface area contributed by atoms with Crippen LogP contribution in [0.25, 0.3) is 5.57 Å². The molecule has 15 heteroatoms. The summed E-state index contributed by atoms with van der Waals surface area (Å²) in [7, 11) is -3.82. The quantitative estimate of drug-likeness (QED) is 0.351. The van der Waals surface area contributed by atoms with Gasteiger partial charge in [-0.2, -0.15) is 31.3 Å². The van der Waals surface area contributed by atoms with Crippen molar-refractivity contribution in [2.75, 3.05) is 13.1 Å². The lowest BCUT2D eigenvalue weighted by molar-refractivity contribution is 0.0488. The van der Waals surface area contributed by atoms with Crippen molar-refractivity contribution >= 4 is 44.6 Å². The highest BCUT2D eigenvalue weighted by Gasteiger charge is 2.50. The number of amidine groups is 1. The zero-order valence-electron chi connectivity index (χ0n) is 23.0. The normalized spacial score (nSPS) is 24.0. The second-order valence-electron chi connectivity index (χ2n) is 11.4. The van der Waals surface area contributed by atoms with Crippen LogP contribution in [-0.2, 0) is 10.2 Å². The fourth-order valence-electron chi connectivity index (χ4n) is 6.84. The molecule has 2 atom stereocenters. The molecular formula is C28H29ClF3N7O2S2. The Bertz CT molecular complexity index is 1710. The standard InChI is InChI=1S/C28H29ClF3N7O2S2/c29-20-14-17(30)4-5-19(20)24-23(21-6-12-38(35-21)27(31)32)22-15-18(16-37(22)25(34-24)26-33-10-13-42-26)36-43(40,41)39-11-2-1-7-28(39)8-3-9-28/h4-6,10,12-14,18,24,27,36H,1-3,7-9,11,15-16H2/t18-,24-/m0/s1. The monoisotopic (exact) mass is 651 g/mol. The highest BCUT2D eigenvalue weighted by molar-refractivity contribution is 7.87. The molecule has 3 fully saturated rings. The van der Waals surface area contributed by atoms with E-state index < -0.39 is 34.7 Å². The van der Waals surface area contributed by atoms with E-state index in [4.69, 9.17) is 16.6 Å². The molecule has 3 aliphatic heterocycles. The van der Waals surface area contributed by atoms with E-state index in [0.29, 0.717) is 38.9 Å². The van der Waals surface area contributed by atoms with Gasteiger partial charge in [0.2, 0.25) is 0 Å². The average molecular weight is 652 g/mol. The largest absolute Gasteiger partial charge is 0.333 e. The molecule has 1 saturated carbocycles. The molecule has 7 rings (SSSR count). The summed E-state index contributed by atoms with van der Waals surface area (Å²) in [5, 5.41) is 6.69. The molecule has 2 saturated heterocycles. The summed E-state index contributed by atoms with van der Waals surface area (Å²) in [6.07, 6.45) is 8.56. The van der Waals surface area contributed by atoms with E-state index in [1.807, 2.05) is 10.3 Å². The summed E-state index contributed by atoms with van der Waals surface area (Å²) in [5.41, 5.74) is 1.59. The Kier molecular flexibility index (Phi) is 7.40. The van der Waals surface area contributed by atoms with Crippen molar-refractivity contribution in [3.8, 4) is 0 Å². The molecule has 2 aromatic heterocycles. The lowest BCUT2D eigenvalue weighted by atomic mass is 9.72. The maximum atomic E-state index is 14.1. The highest BCUT2D eigenvalue weighted by Crippen LogP contribution is 2.48. The molecule has 1 aliphatic carbocycles. The molecule has 228 valence electrons. The van der Waals surface area contributed by atoms with E-state index in [1.165, 1.54) is 41.8 Å². The SMILES string of the molecule is O=S(=O)(N[C@H]1CC2=C(c3ccn(C(F)F)n3)[C@H](c3ccc(F)cc3Cl)N=C(c3nccs3)N2C1)N1CCCCC12CCC2. The number of alkyl halides is 2. The second-order valence-corrected chi connectivity index (χ2v) is 14.3. The summed E-state index contributed by atoms with van der Waals surface area (Å²) in [5.74, 6) is -0.0219. The Hall–Kier alpha value is -2.78. The third-order valence-electron chi connectivity index (χ3n) is 8.90. The van der Waals surface area contributed by atoms with E-state index in [2.05, 4.69) is 14.8 Å². The molecule has 0 amide bonds. The Morgan fingerprint density at radius 3 is 2.63 bits per heavy atom. The molecule has 9 nitrogen and oxygen atoms in total. The molecule has 1 spiro atoms. The van der Waals surface area contributed by atoms with Crippen molar-refractivity contribution in [3.05, 3.63) is 74.8 Å². The zero-order valence-corrected chi connectivity index (χ0v) is 25.4. The smallest absolute Gasteiger partial charge is 0.326 e. The van der Waals surface area contributed by atoms with Crippen LogP contribution in [0.5, 0.6) is 0 Å². The van der Waals surface area contributed by atoms with Crippen molar-refractivity contribution in [2.24, 2.45) is 4.99 Å². The number of aliphatic imine (C=N–C) groups is 1. The van der Waals surface area contributed by atoms with Gasteiger partial charge in [0.25, 0.3) is 10.2 Å². The van der Waals surface area contributed by atoms with Gasteiger partial charge in [-0.25, -0.2) is 14.1 Å². The minimum Gasteiger partial charge on any atom is -0.326 e. The fraction of sp³-hybridized carbons (Fsp3) is 0.464. The van der Waals surface area contributed by atoms with Gasteiger partial charge >= 0.3 is 6.55 Å². The molecule has 0 bridgehead atoms. The molecule has 5 heterocycles. The average Bonchev–Trinajstić information content (AvgIpc) is 3.72. The van der Waals surface area contributed by atoms with E-state index in [-0.39, 0.29) is 29.2 Å². The van der Waals surface area contributed by atoms with Crippen molar-refractivity contribution in [1.82, 2.24) is 28.7 Å². The van der Waals surface area contributed by atoms with Crippen molar-refractivity contribution in [3.63, 3.8) is 0 Å². The lowest BCUT2D eigenvalue weighted by Gasteiger charge is -2.52. The first-order chi connectivity index (χ1) is 20.6. The van der Waals surface area contributed by atoms with E-state index >= 15 is 0 Å². The van der Waals surface area contributed by atoms with E-state index in [9.17, 15) is 21.6 Å². The Morgan fingerprint density at radius 1 is 1.14 bits per heavy atom. The number of nitrogens with one attached hydrogen (secondary N) is 1. The number of piperidine rings is 1. The number of halogens is 4. The minimum absolute atomic E-state index is 0.123. The minimum atomic E-state index is -3.82. The van der Waals surface area contributed by atoms with Crippen LogP contribution in [0, 0.1) is 5.82 Å². The number of hydrogen-bond acceptors (Lipinski definition) is 7. The lowest BCUT2D eigenvalue weighted by Crippen LogP contribution is -2.62. The van der Waals surface area contributed by atoms with Crippen molar-refractivity contribution in [1.29, 1.82) is 0 Å². The van der Waals surface area contributed by atoms with Crippen molar-refractivity contribution < 1.29 is 21.6 Å². The first-order valence-electron chi connectivity index (χ1n) is 14.2.